The molecule has 0 saturated heterocycles. The summed E-state index contributed by atoms with van der Waals surface area (Å²) in [6.45, 7) is 0.543. The molecule has 5 heteroatoms. The first-order chi connectivity index (χ1) is 8.17. The fourth-order valence-corrected chi connectivity index (χ4v) is 1.29. The quantitative estimate of drug-likeness (QED) is 0.825. The molecule has 0 atom stereocenters. The van der Waals surface area contributed by atoms with Gasteiger partial charge in [0, 0.05) is 25.9 Å². The lowest BCUT2D eigenvalue weighted by Crippen LogP contribution is -2.32. The summed E-state index contributed by atoms with van der Waals surface area (Å²) < 4.78 is 0. The Morgan fingerprint density at radius 1 is 1.59 bits per heavy atom. The zero-order valence-corrected chi connectivity index (χ0v) is 9.68. The molecule has 5 nitrogen and oxygen atoms in total. The Labute approximate surface area is 100 Å². The summed E-state index contributed by atoms with van der Waals surface area (Å²) in [5.74, 6) is 0. The van der Waals surface area contributed by atoms with Gasteiger partial charge in [-0.3, -0.25) is 0 Å². The highest BCUT2D eigenvalue weighted by Gasteiger charge is 2.08. The van der Waals surface area contributed by atoms with E-state index >= 15 is 0 Å². The first kappa shape index (κ1) is 13.0. The zero-order chi connectivity index (χ0) is 12.7. The molecule has 1 aromatic rings. The zero-order valence-electron chi connectivity index (χ0n) is 9.68. The Balaban J connectivity index is 2.58. The summed E-state index contributed by atoms with van der Waals surface area (Å²) in [5.41, 5.74) is 1.09. The van der Waals surface area contributed by atoms with Crippen LogP contribution in [-0.4, -0.2) is 36.2 Å². The van der Waals surface area contributed by atoms with Crippen LogP contribution in [0, 0.1) is 11.3 Å². The number of nitrogens with zero attached hydrogens (tertiary/aromatic N) is 2. The van der Waals surface area contributed by atoms with E-state index in [1.54, 1.807) is 31.3 Å². The van der Waals surface area contributed by atoms with Crippen molar-refractivity contribution < 1.29 is 9.90 Å². The van der Waals surface area contributed by atoms with Gasteiger partial charge in [0.15, 0.2) is 0 Å². The largest absolute Gasteiger partial charge is 0.396 e. The normalized spacial score (nSPS) is 9.47. The van der Waals surface area contributed by atoms with E-state index in [0.29, 0.717) is 24.2 Å². The van der Waals surface area contributed by atoms with Crippen LogP contribution in [0.4, 0.5) is 10.5 Å². The first-order valence-corrected chi connectivity index (χ1v) is 5.30. The van der Waals surface area contributed by atoms with Crippen molar-refractivity contribution in [1.82, 2.24) is 4.90 Å². The van der Waals surface area contributed by atoms with E-state index in [4.69, 9.17) is 10.4 Å². The van der Waals surface area contributed by atoms with Crippen molar-refractivity contribution >= 4 is 11.7 Å². The highest BCUT2D eigenvalue weighted by molar-refractivity contribution is 5.89. The van der Waals surface area contributed by atoms with Gasteiger partial charge in [0.2, 0.25) is 0 Å². The molecule has 0 radical (unpaired) electrons. The second kappa shape index (κ2) is 6.51. The predicted molar refractivity (Wildman–Crippen MR) is 64.5 cm³/mol. The number of anilines is 1. The topological polar surface area (TPSA) is 76.4 Å². The monoisotopic (exact) mass is 233 g/mol. The van der Waals surface area contributed by atoms with Crippen molar-refractivity contribution in [1.29, 1.82) is 5.26 Å². The van der Waals surface area contributed by atoms with Crippen LogP contribution >= 0.6 is 0 Å². The van der Waals surface area contributed by atoms with Crippen molar-refractivity contribution in [2.45, 2.75) is 6.42 Å². The van der Waals surface area contributed by atoms with Gasteiger partial charge in [0.25, 0.3) is 0 Å². The summed E-state index contributed by atoms with van der Waals surface area (Å²) in [4.78, 5) is 13.1. The van der Waals surface area contributed by atoms with E-state index in [2.05, 4.69) is 5.32 Å². The molecule has 2 amide bonds. The van der Waals surface area contributed by atoms with Crippen LogP contribution in [0.1, 0.15) is 12.0 Å². The molecular weight excluding hydrogens is 218 g/mol. The predicted octanol–water partition coefficient (Wildman–Crippen LogP) is 1.40. The molecule has 17 heavy (non-hydrogen) atoms. The van der Waals surface area contributed by atoms with Gasteiger partial charge in [-0.05, 0) is 24.6 Å². The lowest BCUT2D eigenvalue weighted by atomic mass is 10.2. The van der Waals surface area contributed by atoms with Crippen molar-refractivity contribution in [2.75, 3.05) is 25.5 Å². The molecule has 0 spiro atoms. The number of amides is 2. The maximum absolute atomic E-state index is 11.7. The second-order valence-electron chi connectivity index (χ2n) is 3.62. The molecule has 2 N–H and O–H groups in total. The van der Waals surface area contributed by atoms with E-state index in [9.17, 15) is 4.79 Å². The number of benzene rings is 1. The maximum atomic E-state index is 11.7. The van der Waals surface area contributed by atoms with Gasteiger partial charge in [-0.1, -0.05) is 6.07 Å². The van der Waals surface area contributed by atoms with E-state index in [0.717, 1.165) is 0 Å². The smallest absolute Gasteiger partial charge is 0.321 e. The number of aliphatic hydroxyl groups excluding tert-OH is 1. The van der Waals surface area contributed by atoms with Crippen molar-refractivity contribution in [3.8, 4) is 6.07 Å². The van der Waals surface area contributed by atoms with Gasteiger partial charge in [0.05, 0.1) is 11.6 Å². The average molecular weight is 233 g/mol. The standard InChI is InChI=1S/C12H15N3O2/c1-15(6-3-7-16)12(17)14-11-5-2-4-10(8-11)9-13/h2,4-5,8,16H,3,6-7H2,1H3,(H,14,17). The van der Waals surface area contributed by atoms with Gasteiger partial charge in [-0.15, -0.1) is 0 Å². The lowest BCUT2D eigenvalue weighted by Gasteiger charge is -2.17. The van der Waals surface area contributed by atoms with E-state index in [1.807, 2.05) is 6.07 Å². The summed E-state index contributed by atoms with van der Waals surface area (Å²) in [6, 6.07) is 8.46. The van der Waals surface area contributed by atoms with Crippen LogP contribution in [0.3, 0.4) is 0 Å². The molecule has 90 valence electrons. The van der Waals surface area contributed by atoms with Gasteiger partial charge >= 0.3 is 6.03 Å². The third-order valence-electron chi connectivity index (χ3n) is 2.24. The Hall–Kier alpha value is -2.06. The number of urea groups is 1. The molecular formula is C12H15N3O2. The maximum Gasteiger partial charge on any atom is 0.321 e. The molecule has 0 heterocycles. The molecule has 0 aliphatic heterocycles. The molecule has 1 aromatic carbocycles. The molecule has 0 aliphatic carbocycles. The van der Waals surface area contributed by atoms with Gasteiger partial charge in [-0.2, -0.15) is 5.26 Å². The van der Waals surface area contributed by atoms with Gasteiger partial charge < -0.3 is 15.3 Å². The van der Waals surface area contributed by atoms with Gasteiger partial charge in [0.1, 0.15) is 0 Å². The van der Waals surface area contributed by atoms with E-state index in [1.165, 1.54) is 4.90 Å². The van der Waals surface area contributed by atoms with Crippen molar-refractivity contribution in [3.05, 3.63) is 29.8 Å². The lowest BCUT2D eigenvalue weighted by molar-refractivity contribution is 0.214. The Morgan fingerprint density at radius 2 is 2.35 bits per heavy atom. The summed E-state index contributed by atoms with van der Waals surface area (Å²) in [6.07, 6.45) is 0.544. The van der Waals surface area contributed by atoms with E-state index in [-0.39, 0.29) is 12.6 Å². The summed E-state index contributed by atoms with van der Waals surface area (Å²) in [7, 11) is 1.65. The minimum atomic E-state index is -0.256. The van der Waals surface area contributed by atoms with Crippen LogP contribution < -0.4 is 5.32 Å². The first-order valence-electron chi connectivity index (χ1n) is 5.30. The third kappa shape index (κ3) is 4.13. The molecule has 0 bridgehead atoms. The van der Waals surface area contributed by atoms with Crippen molar-refractivity contribution in [2.24, 2.45) is 0 Å². The fourth-order valence-electron chi connectivity index (χ4n) is 1.29. The molecule has 1 rings (SSSR count). The highest BCUT2D eigenvalue weighted by atomic mass is 16.3. The number of hydrogen-bond donors (Lipinski definition) is 2. The third-order valence-corrected chi connectivity index (χ3v) is 2.24. The molecule has 0 fully saturated rings. The minimum absolute atomic E-state index is 0.0571. The van der Waals surface area contributed by atoms with Crippen LogP contribution in [0.25, 0.3) is 0 Å². The fraction of sp³-hybridized carbons (Fsp3) is 0.333. The van der Waals surface area contributed by atoms with Crippen LogP contribution in [0.2, 0.25) is 0 Å². The molecule has 0 saturated carbocycles. The highest BCUT2D eigenvalue weighted by Crippen LogP contribution is 2.10. The summed E-state index contributed by atoms with van der Waals surface area (Å²) >= 11 is 0. The Morgan fingerprint density at radius 3 is 3.00 bits per heavy atom. The Kier molecular flexibility index (Phi) is 4.98. The number of hydrogen-bond acceptors (Lipinski definition) is 3. The minimum Gasteiger partial charge on any atom is -0.396 e. The average Bonchev–Trinajstić information content (AvgIpc) is 2.36. The number of carbonyl (C=O) groups is 1. The Bertz CT molecular complexity index is 426. The molecule has 0 unspecified atom stereocenters. The molecule has 0 aromatic heterocycles. The number of aliphatic hydroxyl groups is 1. The van der Waals surface area contributed by atoms with E-state index < -0.39 is 0 Å². The SMILES string of the molecule is CN(CCCO)C(=O)Nc1cccc(C#N)c1. The van der Waals surface area contributed by atoms with Crippen LogP contribution in [0.15, 0.2) is 24.3 Å². The van der Waals surface area contributed by atoms with Crippen LogP contribution in [0.5, 0.6) is 0 Å². The van der Waals surface area contributed by atoms with Gasteiger partial charge in [-0.25, -0.2) is 4.79 Å². The number of rotatable bonds is 4. The number of nitriles is 1. The van der Waals surface area contributed by atoms with Crippen molar-refractivity contribution in [3.63, 3.8) is 0 Å². The summed E-state index contributed by atoms with van der Waals surface area (Å²) in [5, 5.41) is 20.1. The number of carbonyl (C=O) groups excluding carboxylic acids is 1. The number of nitrogens with one attached hydrogen (secondary N) is 1. The van der Waals surface area contributed by atoms with Crippen LogP contribution in [-0.2, 0) is 0 Å². The second-order valence-corrected chi connectivity index (χ2v) is 3.62. The molecule has 0 aliphatic rings.